The van der Waals surface area contributed by atoms with E-state index in [4.69, 9.17) is 9.47 Å². The molecule has 0 heterocycles. The highest BCUT2D eigenvalue weighted by Gasteiger charge is 2.27. The first-order valence-electron chi connectivity index (χ1n) is 6.08. The number of carbonyl (C=O) groups excluding carboxylic acids is 1. The fourth-order valence-corrected chi connectivity index (χ4v) is 2.28. The summed E-state index contributed by atoms with van der Waals surface area (Å²) in [6.45, 7) is 2.45. The zero-order chi connectivity index (χ0) is 12.0. The molecule has 1 aliphatic rings. The Morgan fingerprint density at radius 3 is 2.31 bits per heavy atom. The Labute approximate surface area is 97.9 Å². The summed E-state index contributed by atoms with van der Waals surface area (Å²) in [5, 5.41) is 0. The van der Waals surface area contributed by atoms with Crippen LogP contribution in [-0.2, 0) is 14.3 Å². The molecule has 1 fully saturated rings. The molecule has 1 saturated carbocycles. The molecule has 0 N–H and O–H groups in total. The van der Waals surface area contributed by atoms with Crippen molar-refractivity contribution in [3.05, 3.63) is 0 Å². The Kier molecular flexibility index (Phi) is 5.77. The molecule has 0 bridgehead atoms. The Balaban J connectivity index is 2.58. The summed E-state index contributed by atoms with van der Waals surface area (Å²) >= 11 is 0. The van der Waals surface area contributed by atoms with Gasteiger partial charge in [0, 0.05) is 26.7 Å². The molecule has 0 aromatic rings. The first kappa shape index (κ1) is 13.5. The smallest absolute Gasteiger partial charge is 0.222 e. The molecular weight excluding hydrogens is 206 g/mol. The molecule has 0 atom stereocenters. The van der Waals surface area contributed by atoms with Gasteiger partial charge in [-0.1, -0.05) is 19.8 Å². The van der Waals surface area contributed by atoms with Gasteiger partial charge in [-0.05, 0) is 12.8 Å². The number of carbonyl (C=O) groups is 1. The van der Waals surface area contributed by atoms with Crippen LogP contribution in [-0.4, -0.2) is 43.9 Å². The van der Waals surface area contributed by atoms with Crippen LogP contribution in [0.5, 0.6) is 0 Å². The van der Waals surface area contributed by atoms with Gasteiger partial charge in [-0.15, -0.1) is 0 Å². The number of hydrogen-bond donors (Lipinski definition) is 0. The minimum atomic E-state index is -0.309. The first-order chi connectivity index (χ1) is 7.72. The molecule has 94 valence electrons. The first-order valence-corrected chi connectivity index (χ1v) is 6.08. The summed E-state index contributed by atoms with van der Waals surface area (Å²) in [6.07, 6.45) is 4.93. The maximum Gasteiger partial charge on any atom is 0.222 e. The average Bonchev–Trinajstić information content (AvgIpc) is 2.83. The molecule has 4 heteroatoms. The second kappa shape index (κ2) is 6.86. The topological polar surface area (TPSA) is 38.8 Å². The molecule has 0 spiro atoms. The summed E-state index contributed by atoms with van der Waals surface area (Å²) in [4.78, 5) is 13.8. The lowest BCUT2D eigenvalue weighted by Gasteiger charge is -2.31. The second-order valence-corrected chi connectivity index (χ2v) is 4.24. The monoisotopic (exact) mass is 229 g/mol. The third-order valence-corrected chi connectivity index (χ3v) is 3.26. The number of amides is 1. The lowest BCUT2D eigenvalue weighted by atomic mass is 10.2. The number of methoxy groups -OCH3 is 2. The van der Waals surface area contributed by atoms with Crippen LogP contribution in [0.2, 0.25) is 0 Å². The van der Waals surface area contributed by atoms with Crippen molar-refractivity contribution in [2.75, 3.05) is 20.8 Å². The van der Waals surface area contributed by atoms with Crippen molar-refractivity contribution in [2.24, 2.45) is 0 Å². The van der Waals surface area contributed by atoms with Crippen LogP contribution in [0, 0.1) is 0 Å². The largest absolute Gasteiger partial charge is 0.354 e. The maximum absolute atomic E-state index is 11.9. The van der Waals surface area contributed by atoms with E-state index in [1.807, 2.05) is 11.8 Å². The molecule has 4 nitrogen and oxygen atoms in total. The minimum Gasteiger partial charge on any atom is -0.354 e. The van der Waals surface area contributed by atoms with Crippen molar-refractivity contribution in [3.63, 3.8) is 0 Å². The van der Waals surface area contributed by atoms with Crippen LogP contribution < -0.4 is 0 Å². The van der Waals surface area contributed by atoms with Gasteiger partial charge in [-0.2, -0.15) is 0 Å². The van der Waals surface area contributed by atoms with Gasteiger partial charge in [-0.25, -0.2) is 0 Å². The van der Waals surface area contributed by atoms with E-state index >= 15 is 0 Å². The predicted octanol–water partition coefficient (Wildman–Crippen LogP) is 1.79. The van der Waals surface area contributed by atoms with E-state index < -0.39 is 0 Å². The van der Waals surface area contributed by atoms with Gasteiger partial charge in [0.1, 0.15) is 0 Å². The van der Waals surface area contributed by atoms with Gasteiger partial charge < -0.3 is 14.4 Å². The lowest BCUT2D eigenvalue weighted by molar-refractivity contribution is -0.148. The molecule has 1 rings (SSSR count). The number of rotatable bonds is 6. The van der Waals surface area contributed by atoms with E-state index in [1.54, 1.807) is 14.2 Å². The fraction of sp³-hybridized carbons (Fsp3) is 0.917. The van der Waals surface area contributed by atoms with Crippen LogP contribution in [0.1, 0.15) is 39.0 Å². The molecule has 0 unspecified atom stereocenters. The van der Waals surface area contributed by atoms with Gasteiger partial charge in [0.2, 0.25) is 5.91 Å². The van der Waals surface area contributed by atoms with Gasteiger partial charge >= 0.3 is 0 Å². The third-order valence-electron chi connectivity index (χ3n) is 3.26. The molecule has 0 saturated heterocycles. The zero-order valence-electron chi connectivity index (χ0n) is 10.6. The molecule has 16 heavy (non-hydrogen) atoms. The van der Waals surface area contributed by atoms with Gasteiger partial charge in [0.05, 0.1) is 6.54 Å². The maximum atomic E-state index is 11.9. The minimum absolute atomic E-state index is 0.200. The molecule has 1 amide bonds. The molecule has 0 aliphatic heterocycles. The highest BCUT2D eigenvalue weighted by atomic mass is 16.7. The average molecular weight is 229 g/mol. The standard InChI is InChI=1S/C12H23NO3/c1-4-11(14)13(9-12(15-2)16-3)10-7-5-6-8-10/h10,12H,4-9H2,1-3H3. The van der Waals surface area contributed by atoms with Crippen molar-refractivity contribution < 1.29 is 14.3 Å². The second-order valence-electron chi connectivity index (χ2n) is 4.24. The molecule has 0 aromatic heterocycles. The summed E-state index contributed by atoms with van der Waals surface area (Å²) in [6, 6.07) is 0.389. The summed E-state index contributed by atoms with van der Waals surface area (Å²) in [5.41, 5.74) is 0. The van der Waals surface area contributed by atoms with Gasteiger partial charge in [0.25, 0.3) is 0 Å². The molecule has 1 aliphatic carbocycles. The summed E-state index contributed by atoms with van der Waals surface area (Å²) < 4.78 is 10.3. The van der Waals surface area contributed by atoms with Crippen LogP contribution in [0.4, 0.5) is 0 Å². The van der Waals surface area contributed by atoms with Crippen LogP contribution in [0.3, 0.4) is 0 Å². The Bertz CT molecular complexity index is 210. The lowest BCUT2D eigenvalue weighted by Crippen LogP contribution is -2.44. The van der Waals surface area contributed by atoms with Crippen LogP contribution in [0.15, 0.2) is 0 Å². The number of hydrogen-bond acceptors (Lipinski definition) is 3. The molecular formula is C12H23NO3. The van der Waals surface area contributed by atoms with E-state index in [0.717, 1.165) is 12.8 Å². The molecule has 0 radical (unpaired) electrons. The predicted molar refractivity (Wildman–Crippen MR) is 62.1 cm³/mol. The van der Waals surface area contributed by atoms with Crippen molar-refractivity contribution in [1.82, 2.24) is 4.90 Å². The quantitative estimate of drug-likeness (QED) is 0.652. The molecule has 0 aromatic carbocycles. The van der Waals surface area contributed by atoms with Crippen molar-refractivity contribution in [3.8, 4) is 0 Å². The Morgan fingerprint density at radius 2 is 1.88 bits per heavy atom. The summed E-state index contributed by atoms with van der Waals surface area (Å²) in [7, 11) is 3.22. The number of nitrogens with zero attached hydrogens (tertiary/aromatic N) is 1. The van der Waals surface area contributed by atoms with Gasteiger partial charge in [0.15, 0.2) is 6.29 Å². The normalized spacial score (nSPS) is 17.0. The number of ether oxygens (including phenoxy) is 2. The van der Waals surface area contributed by atoms with E-state index in [2.05, 4.69) is 0 Å². The van der Waals surface area contributed by atoms with E-state index in [9.17, 15) is 4.79 Å². The van der Waals surface area contributed by atoms with E-state index in [1.165, 1.54) is 12.8 Å². The third kappa shape index (κ3) is 3.46. The van der Waals surface area contributed by atoms with Crippen molar-refractivity contribution in [2.45, 2.75) is 51.4 Å². The highest BCUT2D eigenvalue weighted by Crippen LogP contribution is 2.24. The Morgan fingerprint density at radius 1 is 1.31 bits per heavy atom. The summed E-state index contributed by atoms with van der Waals surface area (Å²) in [5.74, 6) is 0.200. The van der Waals surface area contributed by atoms with Gasteiger partial charge in [-0.3, -0.25) is 4.79 Å². The highest BCUT2D eigenvalue weighted by molar-refractivity contribution is 5.76. The van der Waals surface area contributed by atoms with E-state index in [-0.39, 0.29) is 12.2 Å². The van der Waals surface area contributed by atoms with Crippen molar-refractivity contribution >= 4 is 5.91 Å². The van der Waals surface area contributed by atoms with Crippen molar-refractivity contribution in [1.29, 1.82) is 0 Å². The van der Waals surface area contributed by atoms with E-state index in [0.29, 0.717) is 19.0 Å². The fourth-order valence-electron chi connectivity index (χ4n) is 2.28. The Hall–Kier alpha value is -0.610. The zero-order valence-corrected chi connectivity index (χ0v) is 10.6. The SMILES string of the molecule is CCC(=O)N(CC(OC)OC)C1CCCC1. The van der Waals surface area contributed by atoms with Crippen LogP contribution >= 0.6 is 0 Å². The van der Waals surface area contributed by atoms with Crippen LogP contribution in [0.25, 0.3) is 0 Å².